The second-order valence-electron chi connectivity index (χ2n) is 4.60. The number of hydrogen-bond acceptors (Lipinski definition) is 3. The molecular formula is C12H18ClF2N3O2. The maximum Gasteiger partial charge on any atom is 0.328 e. The molecule has 0 bridgehead atoms. The lowest BCUT2D eigenvalue weighted by molar-refractivity contribution is -0.139. The highest BCUT2D eigenvalue weighted by atomic mass is 35.5. The third kappa shape index (κ3) is 2.52. The number of alkyl halides is 3. The van der Waals surface area contributed by atoms with E-state index in [9.17, 15) is 13.6 Å². The summed E-state index contributed by atoms with van der Waals surface area (Å²) in [6, 6.07) is -0.909. The third-order valence-corrected chi connectivity index (χ3v) is 4.20. The zero-order valence-electron chi connectivity index (χ0n) is 11.3. The van der Waals surface area contributed by atoms with Crippen molar-refractivity contribution in [3.8, 4) is 0 Å². The van der Waals surface area contributed by atoms with Crippen LogP contribution in [0.15, 0.2) is 12.8 Å². The Morgan fingerprint density at radius 3 is 2.60 bits per heavy atom. The largest absolute Gasteiger partial charge is 0.343 e. The molecule has 114 valence electrons. The maximum atomic E-state index is 14.4. The van der Waals surface area contributed by atoms with E-state index in [1.807, 2.05) is 5.32 Å². The highest BCUT2D eigenvalue weighted by Crippen LogP contribution is 2.50. The molecule has 1 saturated heterocycles. The number of urea groups is 1. The minimum atomic E-state index is -3.28. The van der Waals surface area contributed by atoms with Gasteiger partial charge in [-0.1, -0.05) is 20.4 Å². The molecule has 2 amide bonds. The number of nitrogens with zero attached hydrogens (tertiary/aromatic N) is 1. The topological polar surface area (TPSA) is 65.4 Å². The Morgan fingerprint density at radius 2 is 2.25 bits per heavy atom. The number of rotatable bonds is 5. The highest BCUT2D eigenvalue weighted by molar-refractivity contribution is 6.18. The number of nitrogens with one attached hydrogen (secondary N) is 2. The predicted octanol–water partition coefficient (Wildman–Crippen LogP) is 2.76. The Kier molecular flexibility index (Phi) is 5.10. The van der Waals surface area contributed by atoms with Gasteiger partial charge in [0.25, 0.3) is 5.92 Å². The zero-order valence-corrected chi connectivity index (χ0v) is 12.1. The van der Waals surface area contributed by atoms with E-state index in [0.717, 1.165) is 6.20 Å². The number of carbonyl (C=O) groups is 1. The first kappa shape index (κ1) is 16.8. The van der Waals surface area contributed by atoms with Crippen LogP contribution in [0.1, 0.15) is 20.3 Å². The molecule has 1 aliphatic rings. The van der Waals surface area contributed by atoms with E-state index in [-0.39, 0.29) is 5.88 Å². The van der Waals surface area contributed by atoms with E-state index in [4.69, 9.17) is 21.7 Å². The van der Waals surface area contributed by atoms with Crippen LogP contribution in [0.3, 0.4) is 0 Å². The molecule has 0 saturated carbocycles. The van der Waals surface area contributed by atoms with Crippen LogP contribution in [0.2, 0.25) is 0 Å². The smallest absolute Gasteiger partial charge is 0.328 e. The van der Waals surface area contributed by atoms with Crippen LogP contribution >= 0.6 is 11.6 Å². The monoisotopic (exact) mass is 309 g/mol. The summed E-state index contributed by atoms with van der Waals surface area (Å²) in [7, 11) is 0. The second kappa shape index (κ2) is 6.05. The van der Waals surface area contributed by atoms with E-state index in [2.05, 4.69) is 6.58 Å². The summed E-state index contributed by atoms with van der Waals surface area (Å²) in [6.45, 7) is 6.39. The summed E-state index contributed by atoms with van der Waals surface area (Å²) in [5.41, 5.74) is -1.21. The number of amides is 2. The van der Waals surface area contributed by atoms with Gasteiger partial charge in [0.15, 0.2) is 0 Å². The van der Waals surface area contributed by atoms with Gasteiger partial charge in [-0.25, -0.2) is 13.6 Å². The molecule has 2 N–H and O–H groups in total. The van der Waals surface area contributed by atoms with Crippen LogP contribution in [0.4, 0.5) is 13.6 Å². The SMILES string of the molecule is C=CN(C(=O)NC=N)[C@@H]1O[C@@](CC)(CCl)[C@@H](C)C1(F)F. The van der Waals surface area contributed by atoms with Crippen molar-refractivity contribution in [1.82, 2.24) is 10.2 Å². The van der Waals surface area contributed by atoms with Crippen molar-refractivity contribution >= 4 is 24.0 Å². The van der Waals surface area contributed by atoms with Crippen molar-refractivity contribution in [3.63, 3.8) is 0 Å². The molecule has 20 heavy (non-hydrogen) atoms. The van der Waals surface area contributed by atoms with E-state index in [1.165, 1.54) is 6.92 Å². The molecule has 5 nitrogen and oxygen atoms in total. The first-order chi connectivity index (χ1) is 9.30. The molecule has 1 heterocycles. The molecule has 0 spiro atoms. The number of halogens is 3. The normalized spacial score (nSPS) is 31.6. The van der Waals surface area contributed by atoms with Gasteiger partial charge in [0, 0.05) is 6.20 Å². The Labute approximate surface area is 121 Å². The summed E-state index contributed by atoms with van der Waals surface area (Å²) in [4.78, 5) is 12.3. The van der Waals surface area contributed by atoms with Crippen LogP contribution in [0, 0.1) is 11.3 Å². The molecular weight excluding hydrogens is 292 g/mol. The van der Waals surface area contributed by atoms with Gasteiger partial charge >= 0.3 is 6.03 Å². The van der Waals surface area contributed by atoms with Crippen LogP contribution in [0.25, 0.3) is 0 Å². The molecule has 0 unspecified atom stereocenters. The second-order valence-corrected chi connectivity index (χ2v) is 4.87. The summed E-state index contributed by atoms with van der Waals surface area (Å²) >= 11 is 5.80. The average molecular weight is 310 g/mol. The van der Waals surface area contributed by atoms with Crippen molar-refractivity contribution < 1.29 is 18.3 Å². The molecule has 0 aromatic heterocycles. The van der Waals surface area contributed by atoms with Crippen LogP contribution in [-0.2, 0) is 4.74 Å². The van der Waals surface area contributed by atoms with Crippen molar-refractivity contribution in [2.24, 2.45) is 5.92 Å². The number of carbonyl (C=O) groups excluding carboxylic acids is 1. The summed E-state index contributed by atoms with van der Waals surface area (Å²) in [5.74, 6) is -4.54. The zero-order chi connectivity index (χ0) is 15.6. The minimum Gasteiger partial charge on any atom is -0.343 e. The fourth-order valence-electron chi connectivity index (χ4n) is 2.26. The molecule has 8 heteroatoms. The van der Waals surface area contributed by atoms with Crippen LogP contribution < -0.4 is 5.32 Å². The fraction of sp³-hybridized carbons (Fsp3) is 0.667. The first-order valence-corrected chi connectivity index (χ1v) is 6.66. The van der Waals surface area contributed by atoms with E-state index >= 15 is 0 Å². The van der Waals surface area contributed by atoms with E-state index < -0.39 is 29.7 Å². The Hall–Kier alpha value is -1.21. The van der Waals surface area contributed by atoms with Gasteiger partial charge in [0.2, 0.25) is 6.23 Å². The molecule has 1 fully saturated rings. The quantitative estimate of drug-likeness (QED) is 0.466. The van der Waals surface area contributed by atoms with Crippen molar-refractivity contribution in [3.05, 3.63) is 12.8 Å². The van der Waals surface area contributed by atoms with Gasteiger partial charge in [0.1, 0.15) is 0 Å². The lowest BCUT2D eigenvalue weighted by Gasteiger charge is -2.30. The standard InChI is InChI=1S/C12H18ClF2N3O2/c1-4-11(6-13)8(3)12(14,15)9(20-11)18(5-2)10(19)17-7-16/h5,7-9H,2,4,6H2,1,3H3,(H2,16,17,19)/t8-,9-,11+/m1/s1. The Morgan fingerprint density at radius 1 is 1.65 bits per heavy atom. The number of ether oxygens (including phenoxy) is 1. The van der Waals surface area contributed by atoms with Gasteiger partial charge in [0.05, 0.1) is 23.7 Å². The molecule has 1 aliphatic heterocycles. The van der Waals surface area contributed by atoms with Gasteiger partial charge in [-0.05, 0) is 6.42 Å². The maximum absolute atomic E-state index is 14.4. The molecule has 1 rings (SSSR count). The summed E-state index contributed by atoms with van der Waals surface area (Å²) in [5, 5.41) is 8.79. The molecule has 0 radical (unpaired) electrons. The Bertz CT molecular complexity index is 402. The lowest BCUT2D eigenvalue weighted by Crippen LogP contribution is -2.50. The van der Waals surface area contributed by atoms with Gasteiger partial charge in [-0.15, -0.1) is 11.6 Å². The van der Waals surface area contributed by atoms with Crippen LogP contribution in [-0.4, -0.2) is 40.9 Å². The van der Waals surface area contributed by atoms with E-state index in [0.29, 0.717) is 17.7 Å². The van der Waals surface area contributed by atoms with Gasteiger partial charge in [-0.3, -0.25) is 15.6 Å². The summed E-state index contributed by atoms with van der Waals surface area (Å²) < 4.78 is 34.2. The molecule has 3 atom stereocenters. The fourth-order valence-corrected chi connectivity index (χ4v) is 2.75. The van der Waals surface area contributed by atoms with E-state index in [1.54, 1.807) is 6.92 Å². The molecule has 0 aromatic rings. The van der Waals surface area contributed by atoms with Crippen molar-refractivity contribution in [1.29, 1.82) is 5.41 Å². The molecule has 0 aromatic carbocycles. The Balaban J connectivity index is 3.14. The molecule has 0 aliphatic carbocycles. The van der Waals surface area contributed by atoms with Crippen molar-refractivity contribution in [2.75, 3.05) is 5.88 Å². The number of hydrogen-bond donors (Lipinski definition) is 2. The highest BCUT2D eigenvalue weighted by Gasteiger charge is 2.65. The van der Waals surface area contributed by atoms with Crippen LogP contribution in [0.5, 0.6) is 0 Å². The minimum absolute atomic E-state index is 0.103. The predicted molar refractivity (Wildman–Crippen MR) is 72.1 cm³/mol. The first-order valence-electron chi connectivity index (χ1n) is 6.12. The van der Waals surface area contributed by atoms with Crippen molar-refractivity contribution in [2.45, 2.75) is 38.0 Å². The van der Waals surface area contributed by atoms with Gasteiger partial charge < -0.3 is 4.74 Å². The summed E-state index contributed by atoms with van der Waals surface area (Å²) in [6.07, 6.45) is 0.0447. The van der Waals surface area contributed by atoms with Gasteiger partial charge in [-0.2, -0.15) is 0 Å². The lowest BCUT2D eigenvalue weighted by atomic mass is 9.86. The average Bonchev–Trinajstić information content (AvgIpc) is 2.61. The third-order valence-electron chi connectivity index (χ3n) is 3.75.